The number of rotatable bonds is 5. The van der Waals surface area contributed by atoms with E-state index < -0.39 is 10.0 Å². The summed E-state index contributed by atoms with van der Waals surface area (Å²) in [6.45, 7) is 5.02. The van der Waals surface area contributed by atoms with E-state index in [0.717, 1.165) is 56.5 Å². The standard InChI is InChI=1S/C26H38N6O5S/c1-18-24(25(33)29-12-3-4-13-29)23-17-20(11-16-31(23)32(18)35)19-9-14-30(15-10-19)38(36,37)22-7-5-21(6-8-22)28-26(34)27-2/h5-8,18-20,23-24H,3-4,9-17H2,1-2H3,(H-,27,28,34)/p+1. The molecule has 0 aromatic heterocycles. The lowest BCUT2D eigenvalue weighted by Gasteiger charge is -2.40. The van der Waals surface area contributed by atoms with Crippen molar-refractivity contribution in [2.24, 2.45) is 17.8 Å². The number of nitrogens with one attached hydrogen (secondary N) is 2. The van der Waals surface area contributed by atoms with Crippen LogP contribution in [0.15, 0.2) is 29.2 Å². The normalized spacial score (nSPS) is 28.8. The van der Waals surface area contributed by atoms with Crippen LogP contribution in [0.3, 0.4) is 0 Å². The number of fused-ring (bicyclic) bond motifs is 1. The van der Waals surface area contributed by atoms with Gasteiger partial charge in [0.15, 0.2) is 0 Å². The number of hydrazine groups is 1. The zero-order valence-electron chi connectivity index (χ0n) is 22.2. The van der Waals surface area contributed by atoms with E-state index in [1.165, 1.54) is 19.2 Å². The van der Waals surface area contributed by atoms with Crippen LogP contribution in [0.4, 0.5) is 10.5 Å². The highest BCUT2D eigenvalue weighted by molar-refractivity contribution is 7.89. The van der Waals surface area contributed by atoms with Crippen LogP contribution in [0.1, 0.15) is 45.4 Å². The Morgan fingerprint density at radius 1 is 0.947 bits per heavy atom. The third-order valence-corrected chi connectivity index (χ3v) is 10.9. The summed E-state index contributed by atoms with van der Waals surface area (Å²) in [7, 11) is -2.11. The van der Waals surface area contributed by atoms with Crippen molar-refractivity contribution in [2.75, 3.05) is 45.1 Å². The number of hydrogen-bond acceptors (Lipinski definition) is 5. The van der Waals surface area contributed by atoms with Crippen molar-refractivity contribution in [3.05, 3.63) is 29.2 Å². The molecule has 11 nitrogen and oxygen atoms in total. The number of benzene rings is 1. The number of piperidine rings is 2. The molecule has 1 aromatic rings. The summed E-state index contributed by atoms with van der Waals surface area (Å²) in [6, 6.07) is 5.44. The lowest BCUT2D eigenvalue weighted by Crippen LogP contribution is -2.49. The third-order valence-electron chi connectivity index (χ3n) is 9.04. The van der Waals surface area contributed by atoms with Gasteiger partial charge in [0.25, 0.3) is 0 Å². The molecule has 3 amide bonds. The summed E-state index contributed by atoms with van der Waals surface area (Å²) in [5, 5.41) is 6.97. The minimum atomic E-state index is -3.63. The number of sulfonamides is 1. The van der Waals surface area contributed by atoms with E-state index in [0.29, 0.717) is 37.2 Å². The first-order valence-electron chi connectivity index (χ1n) is 13.8. The zero-order valence-corrected chi connectivity index (χ0v) is 23.0. The molecule has 4 saturated heterocycles. The molecule has 4 atom stereocenters. The van der Waals surface area contributed by atoms with Gasteiger partial charge in [-0.15, -0.1) is 5.01 Å². The molecule has 0 radical (unpaired) electrons. The molecule has 4 heterocycles. The molecular formula is C26H39N6O5S+. The van der Waals surface area contributed by atoms with Crippen molar-refractivity contribution in [2.45, 2.75) is 62.4 Å². The van der Waals surface area contributed by atoms with Crippen LogP contribution in [-0.2, 0) is 14.8 Å². The molecule has 12 heteroatoms. The number of carbonyl (C=O) groups is 2. The highest BCUT2D eigenvalue weighted by Gasteiger charge is 2.59. The van der Waals surface area contributed by atoms with Gasteiger partial charge in [-0.05, 0) is 74.6 Å². The Kier molecular flexibility index (Phi) is 7.63. The predicted molar refractivity (Wildman–Crippen MR) is 142 cm³/mol. The average Bonchev–Trinajstić information content (AvgIpc) is 3.56. The smallest absolute Gasteiger partial charge is 0.318 e. The van der Waals surface area contributed by atoms with Gasteiger partial charge in [-0.1, -0.05) is 0 Å². The minimum Gasteiger partial charge on any atom is -0.342 e. The monoisotopic (exact) mass is 547 g/mol. The first kappa shape index (κ1) is 26.9. The molecule has 38 heavy (non-hydrogen) atoms. The van der Waals surface area contributed by atoms with E-state index in [1.807, 2.05) is 16.8 Å². The van der Waals surface area contributed by atoms with Gasteiger partial charge in [0, 0.05) is 45.8 Å². The second-order valence-electron chi connectivity index (χ2n) is 11.1. The Morgan fingerprint density at radius 3 is 2.21 bits per heavy atom. The Balaban J connectivity index is 1.21. The fraction of sp³-hybridized carbons (Fsp3) is 0.692. The van der Waals surface area contributed by atoms with Gasteiger partial charge in [-0.2, -0.15) is 4.31 Å². The molecule has 0 bridgehead atoms. The van der Waals surface area contributed by atoms with Crippen LogP contribution in [0.25, 0.3) is 0 Å². The fourth-order valence-electron chi connectivity index (χ4n) is 6.87. The highest BCUT2D eigenvalue weighted by atomic mass is 32.2. The molecule has 4 unspecified atom stereocenters. The second-order valence-corrected chi connectivity index (χ2v) is 13.0. The maximum atomic E-state index is 13.4. The van der Waals surface area contributed by atoms with Gasteiger partial charge in [0.1, 0.15) is 16.8 Å². The van der Waals surface area contributed by atoms with Gasteiger partial charge in [-0.25, -0.2) is 13.2 Å². The molecule has 0 spiro atoms. The van der Waals surface area contributed by atoms with Crippen molar-refractivity contribution >= 4 is 27.6 Å². The van der Waals surface area contributed by atoms with E-state index in [4.69, 9.17) is 0 Å². The molecule has 2 N–H and O–H groups in total. The highest BCUT2D eigenvalue weighted by Crippen LogP contribution is 2.42. The first-order chi connectivity index (χ1) is 18.2. The summed E-state index contributed by atoms with van der Waals surface area (Å²) < 4.78 is 28.1. The van der Waals surface area contributed by atoms with Crippen molar-refractivity contribution in [1.82, 2.24) is 19.5 Å². The molecule has 208 valence electrons. The minimum absolute atomic E-state index is 0.0713. The average molecular weight is 548 g/mol. The van der Waals surface area contributed by atoms with Crippen molar-refractivity contribution in [3.63, 3.8) is 0 Å². The number of nitrogens with zero attached hydrogens (tertiary/aromatic N) is 4. The first-order valence-corrected chi connectivity index (χ1v) is 15.3. The number of hydrogen-bond donors (Lipinski definition) is 2. The maximum Gasteiger partial charge on any atom is 0.318 e. The summed E-state index contributed by atoms with van der Waals surface area (Å²) in [5.74, 6) is 0.584. The van der Waals surface area contributed by atoms with E-state index >= 15 is 0 Å². The second kappa shape index (κ2) is 10.8. The number of likely N-dealkylation sites (tertiary alicyclic amines) is 1. The molecular weight excluding hydrogens is 508 g/mol. The van der Waals surface area contributed by atoms with Crippen molar-refractivity contribution in [3.8, 4) is 0 Å². The third kappa shape index (κ3) is 5.00. The number of amides is 3. The summed E-state index contributed by atoms with van der Waals surface area (Å²) in [4.78, 5) is 40.9. The molecule has 0 saturated carbocycles. The van der Waals surface area contributed by atoms with Crippen molar-refractivity contribution < 1.29 is 22.9 Å². The molecule has 4 fully saturated rings. The number of carbonyl (C=O) groups excluding carboxylic acids is 2. The van der Waals surface area contributed by atoms with Gasteiger partial charge in [0.2, 0.25) is 22.0 Å². The van der Waals surface area contributed by atoms with E-state index in [1.54, 1.807) is 16.4 Å². The Morgan fingerprint density at radius 2 is 1.58 bits per heavy atom. The van der Waals surface area contributed by atoms with Crippen LogP contribution in [0.5, 0.6) is 0 Å². The fourth-order valence-corrected chi connectivity index (χ4v) is 8.34. The van der Waals surface area contributed by atoms with Crippen LogP contribution in [0, 0.1) is 22.7 Å². The lowest BCUT2D eigenvalue weighted by atomic mass is 9.74. The summed E-state index contributed by atoms with van der Waals surface area (Å²) in [6.07, 6.45) is 5.31. The summed E-state index contributed by atoms with van der Waals surface area (Å²) >= 11 is 0. The largest absolute Gasteiger partial charge is 0.342 e. The van der Waals surface area contributed by atoms with Gasteiger partial charge in [0.05, 0.1) is 16.3 Å². The molecule has 5 rings (SSSR count). The van der Waals surface area contributed by atoms with E-state index in [2.05, 4.69) is 10.6 Å². The number of nitroso groups, excluding NO2 is 1. The Hall–Kier alpha value is -2.73. The zero-order chi connectivity index (χ0) is 27.0. The van der Waals surface area contributed by atoms with Crippen LogP contribution in [-0.4, -0.2) is 91.3 Å². The molecule has 4 aliphatic rings. The Labute approximate surface area is 224 Å². The van der Waals surface area contributed by atoms with Crippen LogP contribution < -0.4 is 10.6 Å². The van der Waals surface area contributed by atoms with E-state index in [9.17, 15) is 22.9 Å². The van der Waals surface area contributed by atoms with E-state index in [-0.39, 0.29) is 34.8 Å². The quantitative estimate of drug-likeness (QED) is 0.546. The summed E-state index contributed by atoms with van der Waals surface area (Å²) in [5.41, 5.74) is 0.521. The molecule has 0 aliphatic carbocycles. The number of anilines is 1. The maximum absolute atomic E-state index is 13.4. The lowest BCUT2D eigenvalue weighted by molar-refractivity contribution is -0.716. The van der Waals surface area contributed by atoms with Crippen LogP contribution >= 0.6 is 0 Å². The SMILES string of the molecule is CNC(=O)Nc1ccc(S(=O)(=O)N2CCC(C3CCN4C(C3)C(C(=O)N3CCCC3)C(C)[N+]4=O)CC2)cc1. The topological polar surface area (TPSA) is 122 Å². The number of urea groups is 1. The van der Waals surface area contributed by atoms with Gasteiger partial charge < -0.3 is 15.5 Å². The van der Waals surface area contributed by atoms with Crippen LogP contribution in [0.2, 0.25) is 0 Å². The Bertz CT molecular complexity index is 1160. The predicted octanol–water partition coefficient (Wildman–Crippen LogP) is 2.25. The van der Waals surface area contributed by atoms with Crippen molar-refractivity contribution in [1.29, 1.82) is 0 Å². The van der Waals surface area contributed by atoms with Gasteiger partial charge >= 0.3 is 6.03 Å². The van der Waals surface area contributed by atoms with Gasteiger partial charge in [-0.3, -0.25) is 4.79 Å². The molecule has 1 aromatic carbocycles. The molecule has 4 aliphatic heterocycles.